The summed E-state index contributed by atoms with van der Waals surface area (Å²) in [4.78, 5) is 0. The quantitative estimate of drug-likeness (QED) is 0.719. The van der Waals surface area contributed by atoms with Crippen molar-refractivity contribution in [2.45, 2.75) is 25.2 Å². The van der Waals surface area contributed by atoms with E-state index in [1.54, 1.807) is 18.4 Å². The first-order valence-corrected chi connectivity index (χ1v) is 5.16. The van der Waals surface area contributed by atoms with Crippen LogP contribution in [-0.4, -0.2) is 27.8 Å². The van der Waals surface area contributed by atoms with Gasteiger partial charge in [-0.15, -0.1) is 0 Å². The summed E-state index contributed by atoms with van der Waals surface area (Å²) in [5, 5.41) is 22.4. The number of phenolic OH excluding ortho intramolecular Hbond substituents is 1. The molecule has 98 valence electrons. The number of hydrogen-bond donors (Lipinski definition) is 3. The zero-order chi connectivity index (χ0) is 13.6. The van der Waals surface area contributed by atoms with E-state index in [2.05, 4.69) is 5.10 Å². The lowest BCUT2D eigenvalue weighted by atomic mass is 9.99. The zero-order valence-corrected chi connectivity index (χ0v) is 9.41. The van der Waals surface area contributed by atoms with Crippen LogP contribution in [-0.2, 0) is 0 Å². The first kappa shape index (κ1) is 12.7. The van der Waals surface area contributed by atoms with Crippen molar-refractivity contribution in [1.29, 1.82) is 0 Å². The van der Waals surface area contributed by atoms with Crippen LogP contribution in [0, 0.1) is 6.92 Å². The van der Waals surface area contributed by atoms with Crippen LogP contribution in [0.2, 0.25) is 0 Å². The van der Waals surface area contributed by atoms with Gasteiger partial charge >= 0.3 is 6.18 Å². The second-order valence-electron chi connectivity index (χ2n) is 4.23. The van der Waals surface area contributed by atoms with Gasteiger partial charge in [0.25, 0.3) is 5.72 Å². The molecule has 1 heterocycles. The highest BCUT2D eigenvalue weighted by Gasteiger charge is 2.57. The van der Waals surface area contributed by atoms with E-state index >= 15 is 0 Å². The molecule has 1 aliphatic rings. The van der Waals surface area contributed by atoms with Gasteiger partial charge in [0.1, 0.15) is 5.75 Å². The minimum absolute atomic E-state index is 0.0315. The number of aryl methyl sites for hydroxylation is 1. The summed E-state index contributed by atoms with van der Waals surface area (Å²) in [6.45, 7) is 1.74. The van der Waals surface area contributed by atoms with E-state index < -0.39 is 18.3 Å². The maximum atomic E-state index is 12.6. The molecule has 0 aromatic heterocycles. The lowest BCUT2D eigenvalue weighted by molar-refractivity contribution is -0.266. The van der Waals surface area contributed by atoms with Crippen molar-refractivity contribution in [1.82, 2.24) is 5.43 Å². The fraction of sp³-hybridized carbons (Fsp3) is 0.364. The monoisotopic (exact) mass is 260 g/mol. The van der Waals surface area contributed by atoms with E-state index in [1.165, 1.54) is 12.1 Å². The molecule has 0 radical (unpaired) electrons. The van der Waals surface area contributed by atoms with Crippen molar-refractivity contribution in [2.24, 2.45) is 5.10 Å². The van der Waals surface area contributed by atoms with Gasteiger partial charge in [-0.3, -0.25) is 5.43 Å². The van der Waals surface area contributed by atoms with Gasteiger partial charge in [0.2, 0.25) is 0 Å². The van der Waals surface area contributed by atoms with Crippen molar-refractivity contribution in [3.8, 4) is 5.75 Å². The SMILES string of the molecule is Cc1ccc(O)c(C2=NNC(O)(C(F)(F)F)C2)c1. The van der Waals surface area contributed by atoms with Gasteiger partial charge in [-0.1, -0.05) is 11.6 Å². The standard InChI is InChI=1S/C11H11F3N2O2/c1-6-2-3-9(17)7(4-6)8-5-10(18,16-15-8)11(12,13)14/h2-4,16-18H,5H2,1H3. The van der Waals surface area contributed by atoms with Crippen LogP contribution in [0.15, 0.2) is 23.3 Å². The van der Waals surface area contributed by atoms with Gasteiger partial charge in [-0.2, -0.15) is 18.3 Å². The average Bonchev–Trinajstić information content (AvgIpc) is 2.65. The Morgan fingerprint density at radius 1 is 1.39 bits per heavy atom. The molecule has 1 atom stereocenters. The summed E-state index contributed by atoms with van der Waals surface area (Å²) < 4.78 is 37.7. The van der Waals surface area contributed by atoms with Gasteiger partial charge < -0.3 is 10.2 Å². The molecule has 18 heavy (non-hydrogen) atoms. The molecule has 1 aromatic rings. The zero-order valence-electron chi connectivity index (χ0n) is 9.41. The lowest BCUT2D eigenvalue weighted by Gasteiger charge is -2.24. The second-order valence-corrected chi connectivity index (χ2v) is 4.23. The number of aromatic hydroxyl groups is 1. The number of nitrogens with one attached hydrogen (secondary N) is 1. The number of rotatable bonds is 1. The minimum Gasteiger partial charge on any atom is -0.507 e. The highest BCUT2D eigenvalue weighted by molar-refractivity contribution is 6.04. The highest BCUT2D eigenvalue weighted by Crippen LogP contribution is 2.36. The predicted octanol–water partition coefficient (Wildman–Crippen LogP) is 1.65. The van der Waals surface area contributed by atoms with Crippen LogP contribution in [0.5, 0.6) is 5.75 Å². The van der Waals surface area contributed by atoms with Crippen molar-refractivity contribution in [2.75, 3.05) is 0 Å². The molecule has 0 bridgehead atoms. The molecular formula is C11H11F3N2O2. The van der Waals surface area contributed by atoms with Crippen LogP contribution in [0.1, 0.15) is 17.5 Å². The van der Waals surface area contributed by atoms with E-state index in [0.717, 1.165) is 5.56 Å². The number of benzene rings is 1. The fourth-order valence-corrected chi connectivity index (χ4v) is 1.68. The molecule has 0 fully saturated rings. The first-order chi connectivity index (χ1) is 8.23. The van der Waals surface area contributed by atoms with Crippen molar-refractivity contribution in [3.63, 3.8) is 0 Å². The Morgan fingerprint density at radius 2 is 2.06 bits per heavy atom. The highest BCUT2D eigenvalue weighted by atomic mass is 19.4. The number of hydrazone groups is 1. The first-order valence-electron chi connectivity index (χ1n) is 5.16. The summed E-state index contributed by atoms with van der Waals surface area (Å²) in [5.41, 5.74) is -0.472. The van der Waals surface area contributed by atoms with Crippen LogP contribution < -0.4 is 5.43 Å². The maximum Gasteiger partial charge on any atom is 0.438 e. The van der Waals surface area contributed by atoms with E-state index in [4.69, 9.17) is 0 Å². The Balaban J connectivity index is 2.31. The van der Waals surface area contributed by atoms with Crippen molar-refractivity contribution in [3.05, 3.63) is 29.3 Å². The van der Waals surface area contributed by atoms with Gasteiger partial charge in [-0.25, -0.2) is 0 Å². The van der Waals surface area contributed by atoms with Crippen LogP contribution in [0.3, 0.4) is 0 Å². The lowest BCUT2D eigenvalue weighted by Crippen LogP contribution is -2.52. The molecule has 0 spiro atoms. The fourth-order valence-electron chi connectivity index (χ4n) is 1.68. The molecule has 0 saturated carbocycles. The molecule has 2 rings (SSSR count). The molecule has 4 nitrogen and oxygen atoms in total. The summed E-state index contributed by atoms with van der Waals surface area (Å²) >= 11 is 0. The van der Waals surface area contributed by atoms with Crippen LogP contribution >= 0.6 is 0 Å². The summed E-state index contributed by atoms with van der Waals surface area (Å²) in [6, 6.07) is 4.51. The van der Waals surface area contributed by atoms with Crippen molar-refractivity contribution < 1.29 is 23.4 Å². The number of aliphatic hydroxyl groups is 1. The second kappa shape index (κ2) is 3.88. The average molecular weight is 260 g/mol. The molecule has 1 aromatic carbocycles. The minimum atomic E-state index is -4.84. The maximum absolute atomic E-state index is 12.6. The third-order valence-corrected chi connectivity index (χ3v) is 2.73. The van der Waals surface area contributed by atoms with Crippen LogP contribution in [0.25, 0.3) is 0 Å². The molecule has 1 aliphatic heterocycles. The number of halogens is 3. The number of nitrogens with zero attached hydrogens (tertiary/aromatic N) is 1. The van der Waals surface area contributed by atoms with E-state index in [1.807, 2.05) is 0 Å². The molecule has 7 heteroatoms. The molecule has 0 amide bonds. The molecular weight excluding hydrogens is 249 g/mol. The van der Waals surface area contributed by atoms with Gasteiger partial charge in [0.05, 0.1) is 12.1 Å². The third kappa shape index (κ3) is 2.01. The number of hydrogen-bond acceptors (Lipinski definition) is 4. The van der Waals surface area contributed by atoms with Gasteiger partial charge in [0, 0.05) is 5.56 Å². The predicted molar refractivity (Wildman–Crippen MR) is 58.1 cm³/mol. The third-order valence-electron chi connectivity index (χ3n) is 2.73. The Bertz CT molecular complexity index is 514. The van der Waals surface area contributed by atoms with E-state index in [9.17, 15) is 23.4 Å². The van der Waals surface area contributed by atoms with E-state index in [-0.39, 0.29) is 17.0 Å². The summed E-state index contributed by atoms with van der Waals surface area (Å²) in [7, 11) is 0. The topological polar surface area (TPSA) is 64.9 Å². The Labute approximate surface area is 101 Å². The number of alkyl halides is 3. The summed E-state index contributed by atoms with van der Waals surface area (Å²) in [6.07, 6.45) is -5.58. The summed E-state index contributed by atoms with van der Waals surface area (Å²) in [5.74, 6) is -0.174. The molecule has 3 N–H and O–H groups in total. The van der Waals surface area contributed by atoms with Gasteiger partial charge in [0.15, 0.2) is 0 Å². The van der Waals surface area contributed by atoms with Gasteiger partial charge in [-0.05, 0) is 19.1 Å². The van der Waals surface area contributed by atoms with E-state index in [0.29, 0.717) is 0 Å². The Hall–Kier alpha value is -1.76. The molecule has 0 saturated heterocycles. The Morgan fingerprint density at radius 3 is 2.61 bits per heavy atom. The van der Waals surface area contributed by atoms with Crippen molar-refractivity contribution >= 4 is 5.71 Å². The molecule has 0 aliphatic carbocycles. The largest absolute Gasteiger partial charge is 0.507 e. The Kier molecular flexibility index (Phi) is 2.73. The molecule has 1 unspecified atom stereocenters. The normalized spacial score (nSPS) is 23.7. The van der Waals surface area contributed by atoms with Crippen LogP contribution in [0.4, 0.5) is 13.2 Å². The smallest absolute Gasteiger partial charge is 0.438 e. The number of phenols is 1.